The summed E-state index contributed by atoms with van der Waals surface area (Å²) in [5.41, 5.74) is 2.92. The van der Waals surface area contributed by atoms with E-state index in [2.05, 4.69) is 45.9 Å². The molecule has 1 N–H and O–H groups in total. The number of aryl methyl sites for hydroxylation is 2. The van der Waals surface area contributed by atoms with Gasteiger partial charge in [-0.1, -0.05) is 44.0 Å². The maximum Gasteiger partial charge on any atom is 0.0896 e. The minimum atomic E-state index is -0.632. The molecule has 1 aromatic carbocycles. The first-order valence-corrected chi connectivity index (χ1v) is 5.83. The molecular formula is C14H22O. The molecule has 0 aliphatic rings. The normalized spacial score (nSPS) is 15.0. The highest BCUT2D eigenvalue weighted by Gasteiger charge is 2.27. The summed E-state index contributed by atoms with van der Waals surface area (Å²) in [6, 6.07) is 6.30. The first-order chi connectivity index (χ1) is 7.03. The van der Waals surface area contributed by atoms with Crippen LogP contribution in [0.1, 0.15) is 49.8 Å². The molecule has 0 aliphatic heterocycles. The Kier molecular flexibility index (Phi) is 3.92. The molecule has 0 aliphatic carbocycles. The monoisotopic (exact) mass is 206 g/mol. The molecule has 0 aromatic heterocycles. The summed E-state index contributed by atoms with van der Waals surface area (Å²) >= 11 is 0. The van der Waals surface area contributed by atoms with Crippen LogP contribution in [-0.4, -0.2) is 5.11 Å². The van der Waals surface area contributed by atoms with Gasteiger partial charge in [0.25, 0.3) is 0 Å². The van der Waals surface area contributed by atoms with Crippen LogP contribution in [0, 0.1) is 13.8 Å². The van der Waals surface area contributed by atoms with Crippen LogP contribution in [0.4, 0.5) is 0 Å². The van der Waals surface area contributed by atoms with Crippen LogP contribution in [0.3, 0.4) is 0 Å². The number of benzene rings is 1. The van der Waals surface area contributed by atoms with E-state index in [0.29, 0.717) is 0 Å². The molecule has 1 unspecified atom stereocenters. The Bertz CT molecular complexity index is 330. The fourth-order valence-electron chi connectivity index (χ4n) is 2.25. The Morgan fingerprint density at radius 2 is 1.87 bits per heavy atom. The fraction of sp³-hybridized carbons (Fsp3) is 0.571. The Morgan fingerprint density at radius 1 is 1.20 bits per heavy atom. The van der Waals surface area contributed by atoms with Gasteiger partial charge in [-0.2, -0.15) is 0 Å². The van der Waals surface area contributed by atoms with Crippen molar-refractivity contribution in [3.05, 3.63) is 34.9 Å². The molecule has 0 heterocycles. The van der Waals surface area contributed by atoms with Gasteiger partial charge < -0.3 is 5.11 Å². The van der Waals surface area contributed by atoms with Gasteiger partial charge in [-0.05, 0) is 37.8 Å². The third-order valence-electron chi connectivity index (χ3n) is 3.13. The van der Waals surface area contributed by atoms with Crippen LogP contribution in [-0.2, 0) is 5.60 Å². The predicted molar refractivity (Wildman–Crippen MR) is 65.0 cm³/mol. The molecule has 1 atom stereocenters. The van der Waals surface area contributed by atoms with E-state index in [-0.39, 0.29) is 0 Å². The smallest absolute Gasteiger partial charge is 0.0896 e. The highest BCUT2D eigenvalue weighted by molar-refractivity contribution is 5.34. The van der Waals surface area contributed by atoms with Crippen LogP contribution in [0.2, 0.25) is 0 Å². The average molecular weight is 206 g/mol. The Labute approximate surface area is 93.1 Å². The molecule has 0 bridgehead atoms. The highest BCUT2D eigenvalue weighted by atomic mass is 16.3. The quantitative estimate of drug-likeness (QED) is 0.796. The van der Waals surface area contributed by atoms with Crippen LogP contribution >= 0.6 is 0 Å². The second-order valence-electron chi connectivity index (χ2n) is 4.45. The van der Waals surface area contributed by atoms with Crippen molar-refractivity contribution >= 4 is 0 Å². The van der Waals surface area contributed by atoms with E-state index in [4.69, 9.17) is 0 Å². The predicted octanol–water partition coefficient (Wildman–Crippen LogP) is 3.70. The average Bonchev–Trinajstić information content (AvgIpc) is 2.17. The molecule has 0 amide bonds. The maximum absolute atomic E-state index is 10.6. The van der Waals surface area contributed by atoms with Gasteiger partial charge in [0.1, 0.15) is 0 Å². The Balaban J connectivity index is 3.12. The van der Waals surface area contributed by atoms with Crippen molar-refractivity contribution < 1.29 is 5.11 Å². The van der Waals surface area contributed by atoms with E-state index in [1.165, 1.54) is 11.1 Å². The molecule has 0 fully saturated rings. The maximum atomic E-state index is 10.6. The first-order valence-electron chi connectivity index (χ1n) is 5.83. The first kappa shape index (κ1) is 12.3. The second kappa shape index (κ2) is 4.80. The molecule has 1 aromatic rings. The number of rotatable bonds is 4. The van der Waals surface area contributed by atoms with E-state index in [1.54, 1.807) is 0 Å². The van der Waals surface area contributed by atoms with Crippen molar-refractivity contribution in [1.29, 1.82) is 0 Å². The Morgan fingerprint density at radius 3 is 2.33 bits per heavy atom. The van der Waals surface area contributed by atoms with E-state index in [0.717, 1.165) is 24.8 Å². The molecule has 1 heteroatoms. The van der Waals surface area contributed by atoms with Gasteiger partial charge in [0.15, 0.2) is 0 Å². The summed E-state index contributed by atoms with van der Waals surface area (Å²) < 4.78 is 0. The van der Waals surface area contributed by atoms with Crippen molar-refractivity contribution in [2.45, 2.75) is 52.6 Å². The summed E-state index contributed by atoms with van der Waals surface area (Å²) in [7, 11) is 0. The molecule has 1 nitrogen and oxygen atoms in total. The fourth-order valence-corrected chi connectivity index (χ4v) is 2.25. The number of hydrogen-bond acceptors (Lipinski definition) is 1. The van der Waals surface area contributed by atoms with Crippen LogP contribution in [0.15, 0.2) is 18.2 Å². The van der Waals surface area contributed by atoms with Crippen molar-refractivity contribution in [3.8, 4) is 0 Å². The third-order valence-corrected chi connectivity index (χ3v) is 3.13. The van der Waals surface area contributed by atoms with Gasteiger partial charge >= 0.3 is 0 Å². The van der Waals surface area contributed by atoms with E-state index in [1.807, 2.05) is 0 Å². The largest absolute Gasteiger partial charge is 0.385 e. The number of hydrogen-bond donors (Lipinski definition) is 1. The van der Waals surface area contributed by atoms with Crippen LogP contribution in [0.25, 0.3) is 0 Å². The molecule has 0 saturated heterocycles. The van der Waals surface area contributed by atoms with Crippen LogP contribution in [0.5, 0.6) is 0 Å². The molecule has 0 radical (unpaired) electrons. The highest BCUT2D eigenvalue weighted by Crippen LogP contribution is 2.32. The lowest BCUT2D eigenvalue weighted by Crippen LogP contribution is -2.25. The summed E-state index contributed by atoms with van der Waals surface area (Å²) in [4.78, 5) is 0. The molecule has 0 spiro atoms. The second-order valence-corrected chi connectivity index (χ2v) is 4.45. The lowest BCUT2D eigenvalue weighted by atomic mass is 9.84. The zero-order valence-corrected chi connectivity index (χ0v) is 10.3. The van der Waals surface area contributed by atoms with E-state index >= 15 is 0 Å². The molecule has 1 rings (SSSR count). The minimum Gasteiger partial charge on any atom is -0.385 e. The van der Waals surface area contributed by atoms with Gasteiger partial charge in [0, 0.05) is 0 Å². The van der Waals surface area contributed by atoms with Gasteiger partial charge in [-0.15, -0.1) is 0 Å². The SMILES string of the molecule is CCCC(O)(CC)c1ccc(C)cc1C. The van der Waals surface area contributed by atoms with Crippen LogP contribution < -0.4 is 0 Å². The molecule has 15 heavy (non-hydrogen) atoms. The molecule has 84 valence electrons. The zero-order valence-electron chi connectivity index (χ0n) is 10.3. The lowest BCUT2D eigenvalue weighted by Gasteiger charge is -2.28. The standard InChI is InChI=1S/C14H22O/c1-5-9-14(15,6-2)13-8-7-11(3)10-12(13)4/h7-8,10,15H,5-6,9H2,1-4H3. The van der Waals surface area contributed by atoms with Gasteiger partial charge in [-0.3, -0.25) is 0 Å². The summed E-state index contributed by atoms with van der Waals surface area (Å²) in [6.07, 6.45) is 2.63. The topological polar surface area (TPSA) is 20.2 Å². The van der Waals surface area contributed by atoms with E-state index < -0.39 is 5.60 Å². The summed E-state index contributed by atoms with van der Waals surface area (Å²) in [5, 5.41) is 10.6. The molecular weight excluding hydrogens is 184 g/mol. The van der Waals surface area contributed by atoms with Crippen molar-refractivity contribution in [1.82, 2.24) is 0 Å². The van der Waals surface area contributed by atoms with Crippen molar-refractivity contribution in [3.63, 3.8) is 0 Å². The van der Waals surface area contributed by atoms with Gasteiger partial charge in [0.2, 0.25) is 0 Å². The van der Waals surface area contributed by atoms with Gasteiger partial charge in [-0.25, -0.2) is 0 Å². The van der Waals surface area contributed by atoms with Crippen molar-refractivity contribution in [2.24, 2.45) is 0 Å². The number of aliphatic hydroxyl groups is 1. The lowest BCUT2D eigenvalue weighted by molar-refractivity contribution is 0.0220. The van der Waals surface area contributed by atoms with E-state index in [9.17, 15) is 5.11 Å². The summed E-state index contributed by atoms with van der Waals surface area (Å²) in [6.45, 7) is 8.33. The minimum absolute atomic E-state index is 0.632. The summed E-state index contributed by atoms with van der Waals surface area (Å²) in [5.74, 6) is 0. The van der Waals surface area contributed by atoms with Gasteiger partial charge in [0.05, 0.1) is 5.60 Å². The third kappa shape index (κ3) is 2.60. The zero-order chi connectivity index (χ0) is 11.5. The van der Waals surface area contributed by atoms with Crippen molar-refractivity contribution in [2.75, 3.05) is 0 Å². The Hall–Kier alpha value is -0.820. The molecule has 0 saturated carbocycles.